The number of anilines is 2. The molecule has 1 fully saturated rings. The molecule has 2 amide bonds. The third kappa shape index (κ3) is 8.60. The van der Waals surface area contributed by atoms with Crippen LogP contribution in [0.15, 0.2) is 88.7 Å². The van der Waals surface area contributed by atoms with E-state index in [0.717, 1.165) is 29.6 Å². The molecule has 4 rings (SSSR count). The Balaban J connectivity index is 1.43. The molecule has 1 atom stereocenters. The summed E-state index contributed by atoms with van der Waals surface area (Å²) in [6.45, 7) is 2.56. The number of hydrogen-bond donors (Lipinski definition) is 2. The van der Waals surface area contributed by atoms with Crippen molar-refractivity contribution in [3.8, 4) is 0 Å². The third-order valence-corrected chi connectivity index (χ3v) is 9.36. The monoisotopic (exact) mass is 612 g/mol. The van der Waals surface area contributed by atoms with Gasteiger partial charge in [-0.3, -0.25) is 10.1 Å². The second-order valence-electron chi connectivity index (χ2n) is 10.2. The van der Waals surface area contributed by atoms with Crippen LogP contribution in [0.4, 0.5) is 21.9 Å². The van der Waals surface area contributed by atoms with Gasteiger partial charge in [-0.2, -0.15) is 0 Å². The van der Waals surface area contributed by atoms with Gasteiger partial charge in [0.05, 0.1) is 9.82 Å². The fourth-order valence-corrected chi connectivity index (χ4v) is 6.53. The van der Waals surface area contributed by atoms with Crippen molar-refractivity contribution < 1.29 is 18.1 Å². The maximum Gasteiger partial charge on any atom is 0.331 e. The van der Waals surface area contributed by atoms with E-state index in [1.165, 1.54) is 17.0 Å². The zero-order chi connectivity index (χ0) is 30.1. The zero-order valence-corrected chi connectivity index (χ0v) is 25.3. The summed E-state index contributed by atoms with van der Waals surface area (Å²) in [5.41, 5.74) is 0.884. The first-order valence-corrected chi connectivity index (χ1v) is 16.1. The van der Waals surface area contributed by atoms with Gasteiger partial charge in [-0.25, -0.2) is 17.9 Å². The lowest BCUT2D eigenvalue weighted by molar-refractivity contribution is -0.384. The molecule has 1 aliphatic heterocycles. The highest BCUT2D eigenvalue weighted by Crippen LogP contribution is 2.30. The quantitative estimate of drug-likeness (QED) is 0.174. The van der Waals surface area contributed by atoms with E-state index in [4.69, 9.17) is 0 Å². The van der Waals surface area contributed by atoms with Crippen LogP contribution in [0.2, 0.25) is 0 Å². The number of nitrogens with zero attached hydrogens (tertiary/aromatic N) is 4. The molecule has 1 heterocycles. The summed E-state index contributed by atoms with van der Waals surface area (Å²) in [4.78, 5) is 30.6. The molecule has 3 aromatic carbocycles. The molecular weight excluding hydrogens is 576 g/mol. The van der Waals surface area contributed by atoms with Crippen molar-refractivity contribution in [1.82, 2.24) is 14.5 Å². The summed E-state index contributed by atoms with van der Waals surface area (Å²) in [6, 6.07) is 22.5. The lowest BCUT2D eigenvalue weighted by atomic mass is 10.2. The number of rotatable bonds is 12. The van der Waals surface area contributed by atoms with Crippen LogP contribution in [-0.2, 0) is 10.0 Å². The van der Waals surface area contributed by atoms with Gasteiger partial charge in [0.2, 0.25) is 0 Å². The van der Waals surface area contributed by atoms with Crippen molar-refractivity contribution in [1.29, 1.82) is 0 Å². The predicted octanol–water partition coefficient (Wildman–Crippen LogP) is 4.34. The van der Waals surface area contributed by atoms with E-state index in [2.05, 4.69) is 14.9 Å². The first-order chi connectivity index (χ1) is 20.1. The normalized spacial score (nSPS) is 14.5. The van der Waals surface area contributed by atoms with Crippen LogP contribution in [0.25, 0.3) is 0 Å². The van der Waals surface area contributed by atoms with E-state index in [1.54, 1.807) is 11.8 Å². The number of piperazine rings is 1. The number of urea groups is 1. The molecule has 0 spiro atoms. The Morgan fingerprint density at radius 3 is 2.26 bits per heavy atom. The average Bonchev–Trinajstić information content (AvgIpc) is 2.99. The Morgan fingerprint density at radius 1 is 1.00 bits per heavy atom. The molecule has 1 aliphatic rings. The number of hydrogen-bond acceptors (Lipinski definition) is 9. The van der Waals surface area contributed by atoms with Crippen LogP contribution < -0.4 is 14.9 Å². The van der Waals surface area contributed by atoms with Gasteiger partial charge in [-0.05, 0) is 63.5 Å². The Hall–Kier alpha value is -3.81. The Morgan fingerprint density at radius 2 is 1.64 bits per heavy atom. The zero-order valence-electron chi connectivity index (χ0n) is 23.7. The Labute approximate surface area is 251 Å². The molecule has 0 bridgehead atoms. The van der Waals surface area contributed by atoms with Crippen molar-refractivity contribution in [3.63, 3.8) is 0 Å². The Bertz CT molecular complexity index is 1450. The maximum atomic E-state index is 13.1. The number of nitro groups is 1. The molecule has 0 saturated carbocycles. The molecule has 42 heavy (non-hydrogen) atoms. The van der Waals surface area contributed by atoms with Gasteiger partial charge in [0.1, 0.15) is 5.69 Å². The summed E-state index contributed by atoms with van der Waals surface area (Å²) in [7, 11) is -0.423. The van der Waals surface area contributed by atoms with E-state index in [9.17, 15) is 23.3 Å². The lowest BCUT2D eigenvalue weighted by Crippen LogP contribution is -2.52. The summed E-state index contributed by atoms with van der Waals surface area (Å²) in [5, 5.41) is 15.3. The standard InChI is InChI=1S/C29H36N6O5S2/c1-32(2)16-15-23(22-41-25-11-7-4-8-12-25)30-27-14-13-26(21-28(27)35(37)38)42(39,40)31-29(36)34-19-17-33(18-20-34)24-9-5-3-6-10-24/h3-14,21,23,30H,15-20,22H2,1-2H3,(H,31,36)/t23-/m1/s1. The molecule has 0 aliphatic carbocycles. The van der Waals surface area contributed by atoms with E-state index in [-0.39, 0.29) is 22.3 Å². The topological polar surface area (TPSA) is 128 Å². The van der Waals surface area contributed by atoms with Gasteiger partial charge in [-0.1, -0.05) is 36.4 Å². The summed E-state index contributed by atoms with van der Waals surface area (Å²) in [6.07, 6.45) is 0.720. The van der Waals surface area contributed by atoms with Crippen LogP contribution in [0.3, 0.4) is 0 Å². The fourth-order valence-electron chi connectivity index (χ4n) is 4.54. The van der Waals surface area contributed by atoms with Crippen LogP contribution >= 0.6 is 11.8 Å². The molecule has 0 radical (unpaired) electrons. The number of nitrogens with one attached hydrogen (secondary N) is 2. The van der Waals surface area contributed by atoms with Gasteiger partial charge < -0.3 is 20.0 Å². The van der Waals surface area contributed by atoms with Crippen LogP contribution in [0.5, 0.6) is 0 Å². The number of amides is 2. The fraction of sp³-hybridized carbons (Fsp3) is 0.345. The first kappa shape index (κ1) is 31.1. The largest absolute Gasteiger partial charge is 0.376 e. The maximum absolute atomic E-state index is 13.1. The van der Waals surface area contributed by atoms with E-state index < -0.39 is 21.0 Å². The molecular formula is C29H36N6O5S2. The smallest absolute Gasteiger partial charge is 0.331 e. The number of thioether (sulfide) groups is 1. The molecule has 1 saturated heterocycles. The first-order valence-electron chi connectivity index (χ1n) is 13.6. The number of carbonyl (C=O) groups is 1. The molecule has 224 valence electrons. The number of sulfonamides is 1. The van der Waals surface area contributed by atoms with Crippen LogP contribution in [0, 0.1) is 10.1 Å². The summed E-state index contributed by atoms with van der Waals surface area (Å²) >= 11 is 1.64. The highest BCUT2D eigenvalue weighted by atomic mass is 32.2. The SMILES string of the molecule is CN(C)CC[C@H](CSc1ccccc1)Nc1ccc(S(=O)(=O)NC(=O)N2CCN(c3ccccc3)CC2)cc1[N+](=O)[O-]. The number of nitro benzene ring substituents is 1. The minimum atomic E-state index is -4.34. The van der Waals surface area contributed by atoms with Gasteiger partial charge in [-0.15, -0.1) is 11.8 Å². The molecule has 0 aromatic heterocycles. The van der Waals surface area contributed by atoms with Crippen LogP contribution in [0.1, 0.15) is 6.42 Å². The second kappa shape index (κ2) is 14.4. The van der Waals surface area contributed by atoms with Gasteiger partial charge in [0, 0.05) is 54.6 Å². The highest BCUT2D eigenvalue weighted by molar-refractivity contribution is 7.99. The summed E-state index contributed by atoms with van der Waals surface area (Å²) < 4.78 is 28.3. The minimum absolute atomic E-state index is 0.118. The number of para-hydroxylation sites is 1. The van der Waals surface area contributed by atoms with Crippen LogP contribution in [-0.4, -0.2) is 87.8 Å². The van der Waals surface area contributed by atoms with E-state index in [0.29, 0.717) is 31.9 Å². The molecule has 3 aromatic rings. The Kier molecular flexibility index (Phi) is 10.7. The third-order valence-electron chi connectivity index (χ3n) is 6.86. The lowest BCUT2D eigenvalue weighted by Gasteiger charge is -2.35. The van der Waals surface area contributed by atoms with E-state index >= 15 is 0 Å². The van der Waals surface area contributed by atoms with Crippen molar-refractivity contribution in [2.24, 2.45) is 0 Å². The van der Waals surface area contributed by atoms with Gasteiger partial charge >= 0.3 is 6.03 Å². The predicted molar refractivity (Wildman–Crippen MR) is 167 cm³/mol. The molecule has 0 unspecified atom stereocenters. The molecule has 13 heteroatoms. The van der Waals surface area contributed by atoms with E-state index in [1.807, 2.05) is 79.7 Å². The second-order valence-corrected chi connectivity index (χ2v) is 13.0. The van der Waals surface area contributed by atoms with Crippen molar-refractivity contribution in [2.45, 2.75) is 22.3 Å². The van der Waals surface area contributed by atoms with Crippen molar-refractivity contribution >= 4 is 44.9 Å². The molecule has 2 N–H and O–H groups in total. The van der Waals surface area contributed by atoms with Gasteiger partial charge in [0.15, 0.2) is 0 Å². The van der Waals surface area contributed by atoms with Gasteiger partial charge in [0.25, 0.3) is 15.7 Å². The summed E-state index contributed by atoms with van der Waals surface area (Å²) in [5.74, 6) is 0.655. The highest BCUT2D eigenvalue weighted by Gasteiger charge is 2.28. The van der Waals surface area contributed by atoms with Crippen molar-refractivity contribution in [2.75, 3.05) is 62.8 Å². The number of benzene rings is 3. The molecule has 11 nitrogen and oxygen atoms in total. The average molecular weight is 613 g/mol. The van der Waals surface area contributed by atoms with Crippen molar-refractivity contribution in [3.05, 3.63) is 89.0 Å². The minimum Gasteiger partial charge on any atom is -0.376 e. The number of carbonyl (C=O) groups excluding carboxylic acids is 1.